The first-order valence-corrected chi connectivity index (χ1v) is 7.54. The predicted octanol–water partition coefficient (Wildman–Crippen LogP) is 0.502. The van der Waals surface area contributed by atoms with Gasteiger partial charge in [-0.05, 0) is 12.1 Å². The van der Waals surface area contributed by atoms with Gasteiger partial charge in [-0.1, -0.05) is 0 Å². The molecule has 0 saturated carbocycles. The summed E-state index contributed by atoms with van der Waals surface area (Å²) < 4.78 is 21.8. The van der Waals surface area contributed by atoms with Crippen LogP contribution in [0.1, 0.15) is 5.69 Å². The number of nitrogens with zero attached hydrogens (tertiary/aromatic N) is 1. The Labute approximate surface area is 98.9 Å². The summed E-state index contributed by atoms with van der Waals surface area (Å²) in [6.07, 6.45) is 2.76. The van der Waals surface area contributed by atoms with Crippen molar-refractivity contribution in [1.29, 1.82) is 5.41 Å². The van der Waals surface area contributed by atoms with Gasteiger partial charge in [-0.25, -0.2) is 8.42 Å². The van der Waals surface area contributed by atoms with Gasteiger partial charge in [0, 0.05) is 23.1 Å². The summed E-state index contributed by atoms with van der Waals surface area (Å²) in [4.78, 5) is 4.78. The number of nitrogens with one attached hydrogen (secondary N) is 1. The maximum absolute atomic E-state index is 10.9. The summed E-state index contributed by atoms with van der Waals surface area (Å²) in [6.45, 7) is 0. The van der Waals surface area contributed by atoms with Gasteiger partial charge < -0.3 is 5.73 Å². The van der Waals surface area contributed by atoms with Gasteiger partial charge in [0.15, 0.2) is 0 Å². The molecule has 5 nitrogen and oxygen atoms in total. The number of sulfone groups is 1. The van der Waals surface area contributed by atoms with Gasteiger partial charge in [-0.2, -0.15) is 0 Å². The molecular formula is C9H13N3O2S2. The predicted molar refractivity (Wildman–Crippen MR) is 65.7 cm³/mol. The molecule has 1 rings (SSSR count). The van der Waals surface area contributed by atoms with Crippen molar-refractivity contribution in [2.75, 3.05) is 17.8 Å². The van der Waals surface area contributed by atoms with Crippen molar-refractivity contribution in [1.82, 2.24) is 4.98 Å². The number of pyridine rings is 1. The lowest BCUT2D eigenvalue weighted by Gasteiger charge is -2.02. The largest absolute Gasteiger partial charge is 0.382 e. The van der Waals surface area contributed by atoms with Gasteiger partial charge in [-0.3, -0.25) is 10.4 Å². The molecule has 0 aliphatic rings. The van der Waals surface area contributed by atoms with E-state index in [1.54, 1.807) is 18.3 Å². The molecule has 7 heteroatoms. The highest BCUT2D eigenvalue weighted by Crippen LogP contribution is 2.17. The molecule has 0 atom stereocenters. The molecule has 1 aromatic rings. The molecule has 0 unspecified atom stereocenters. The van der Waals surface area contributed by atoms with E-state index in [0.29, 0.717) is 11.4 Å². The lowest BCUT2D eigenvalue weighted by atomic mass is 10.3. The Kier molecular flexibility index (Phi) is 4.31. The summed E-state index contributed by atoms with van der Waals surface area (Å²) in [6, 6.07) is 3.44. The minimum Gasteiger partial charge on any atom is -0.382 e. The molecule has 0 amide bonds. The van der Waals surface area contributed by atoms with Crippen molar-refractivity contribution in [3.63, 3.8) is 0 Å². The number of nitrogens with two attached hydrogens (primary N) is 1. The quantitative estimate of drug-likeness (QED) is 0.456. The Balaban J connectivity index is 2.61. The first kappa shape index (κ1) is 13.0. The normalized spacial score (nSPS) is 11.3. The maximum atomic E-state index is 10.9. The first-order valence-electron chi connectivity index (χ1n) is 4.49. The van der Waals surface area contributed by atoms with Crippen LogP contribution in [0.25, 0.3) is 0 Å². The van der Waals surface area contributed by atoms with Gasteiger partial charge >= 0.3 is 0 Å². The molecule has 0 aliphatic carbocycles. The summed E-state index contributed by atoms with van der Waals surface area (Å²) in [7, 11) is -2.92. The number of amidine groups is 1. The second-order valence-electron chi connectivity index (χ2n) is 3.27. The van der Waals surface area contributed by atoms with Crippen molar-refractivity contribution < 1.29 is 8.42 Å². The van der Waals surface area contributed by atoms with E-state index in [0.717, 1.165) is 4.90 Å². The smallest absolute Gasteiger partial charge is 0.148 e. The third-order valence-corrected chi connectivity index (χ3v) is 3.93. The molecule has 0 aliphatic heterocycles. The number of nitrogen functional groups attached to an aromatic ring is 1. The van der Waals surface area contributed by atoms with Crippen molar-refractivity contribution in [2.45, 2.75) is 4.90 Å². The van der Waals surface area contributed by atoms with Crippen LogP contribution in [-0.2, 0) is 9.84 Å². The number of aromatic nitrogens is 1. The lowest BCUT2D eigenvalue weighted by molar-refractivity contribution is 0.603. The van der Waals surface area contributed by atoms with Crippen LogP contribution >= 0.6 is 11.8 Å². The molecule has 88 valence electrons. The molecular weight excluding hydrogens is 246 g/mol. The van der Waals surface area contributed by atoms with E-state index in [1.807, 2.05) is 0 Å². The molecule has 0 aromatic carbocycles. The Hall–Kier alpha value is -1.08. The zero-order valence-electron chi connectivity index (χ0n) is 8.80. The van der Waals surface area contributed by atoms with E-state index in [-0.39, 0.29) is 11.6 Å². The Morgan fingerprint density at radius 1 is 1.62 bits per heavy atom. The highest BCUT2D eigenvalue weighted by molar-refractivity contribution is 8.00. The van der Waals surface area contributed by atoms with Crippen molar-refractivity contribution in [3.05, 3.63) is 24.0 Å². The van der Waals surface area contributed by atoms with E-state index in [1.165, 1.54) is 18.0 Å². The van der Waals surface area contributed by atoms with E-state index in [4.69, 9.17) is 11.1 Å². The second kappa shape index (κ2) is 5.31. The Bertz CT molecular complexity index is 485. The third kappa shape index (κ3) is 4.63. The van der Waals surface area contributed by atoms with Gasteiger partial charge in [0.2, 0.25) is 0 Å². The van der Waals surface area contributed by atoms with Crippen molar-refractivity contribution in [3.8, 4) is 0 Å². The fourth-order valence-corrected chi connectivity index (χ4v) is 3.09. The van der Waals surface area contributed by atoms with Crippen LogP contribution in [0, 0.1) is 5.41 Å². The fourth-order valence-electron chi connectivity index (χ4n) is 0.959. The van der Waals surface area contributed by atoms with Crippen LogP contribution in [0.2, 0.25) is 0 Å². The van der Waals surface area contributed by atoms with Gasteiger partial charge in [0.1, 0.15) is 21.4 Å². The minimum absolute atomic E-state index is 0.0921. The highest BCUT2D eigenvalue weighted by Gasteiger charge is 2.04. The highest BCUT2D eigenvalue weighted by atomic mass is 32.2. The summed E-state index contributed by atoms with van der Waals surface area (Å²) in [5.41, 5.74) is 5.70. The topological polar surface area (TPSA) is 96.9 Å². The van der Waals surface area contributed by atoms with E-state index >= 15 is 0 Å². The Morgan fingerprint density at radius 3 is 2.88 bits per heavy atom. The fraction of sp³-hybridized carbons (Fsp3) is 0.333. The molecule has 0 spiro atoms. The molecule has 1 heterocycles. The SMILES string of the molecule is CS(=O)(=O)CCSc1ccnc(C(=N)N)c1. The number of thioether (sulfide) groups is 1. The van der Waals surface area contributed by atoms with Crippen LogP contribution in [0.4, 0.5) is 0 Å². The summed E-state index contributed by atoms with van der Waals surface area (Å²) >= 11 is 1.41. The number of rotatable bonds is 5. The lowest BCUT2D eigenvalue weighted by Crippen LogP contribution is -2.12. The van der Waals surface area contributed by atoms with Crippen LogP contribution in [0.5, 0.6) is 0 Å². The van der Waals surface area contributed by atoms with E-state index in [9.17, 15) is 8.42 Å². The minimum atomic E-state index is -2.92. The van der Waals surface area contributed by atoms with Gasteiger partial charge in [0.05, 0.1) is 5.75 Å². The average molecular weight is 259 g/mol. The van der Waals surface area contributed by atoms with Crippen molar-refractivity contribution in [2.24, 2.45) is 5.73 Å². The zero-order chi connectivity index (χ0) is 12.2. The molecule has 0 bridgehead atoms. The molecule has 0 saturated heterocycles. The van der Waals surface area contributed by atoms with Gasteiger partial charge in [-0.15, -0.1) is 11.8 Å². The molecule has 0 fully saturated rings. The molecule has 1 aromatic heterocycles. The van der Waals surface area contributed by atoms with Crippen LogP contribution < -0.4 is 5.73 Å². The van der Waals surface area contributed by atoms with E-state index in [2.05, 4.69) is 4.98 Å². The molecule has 16 heavy (non-hydrogen) atoms. The van der Waals surface area contributed by atoms with Gasteiger partial charge in [0.25, 0.3) is 0 Å². The maximum Gasteiger partial charge on any atom is 0.148 e. The van der Waals surface area contributed by atoms with E-state index < -0.39 is 9.84 Å². The molecule has 3 N–H and O–H groups in total. The standard InChI is InChI=1S/C9H13N3O2S2/c1-16(13,14)5-4-15-7-2-3-12-8(6-7)9(10)11/h2-3,6H,4-5H2,1H3,(H3,10,11). The molecule has 0 radical (unpaired) electrons. The Morgan fingerprint density at radius 2 is 2.31 bits per heavy atom. The number of hydrogen-bond acceptors (Lipinski definition) is 5. The third-order valence-electron chi connectivity index (χ3n) is 1.73. The van der Waals surface area contributed by atoms with Crippen molar-refractivity contribution >= 4 is 27.4 Å². The van der Waals surface area contributed by atoms with Crippen LogP contribution in [-0.4, -0.2) is 37.0 Å². The monoisotopic (exact) mass is 259 g/mol. The van der Waals surface area contributed by atoms with Crippen LogP contribution in [0.15, 0.2) is 23.2 Å². The first-order chi connectivity index (χ1) is 7.38. The average Bonchev–Trinajstić information content (AvgIpc) is 2.16. The summed E-state index contributed by atoms with van der Waals surface area (Å²) in [5, 5.41) is 7.22. The van der Waals surface area contributed by atoms with Crippen LogP contribution in [0.3, 0.4) is 0 Å². The second-order valence-corrected chi connectivity index (χ2v) is 6.70. The number of hydrogen-bond donors (Lipinski definition) is 2. The summed E-state index contributed by atoms with van der Waals surface area (Å²) in [5.74, 6) is 0.529. The zero-order valence-corrected chi connectivity index (χ0v) is 10.4.